The molecule has 0 aromatic heterocycles. The third kappa shape index (κ3) is 4.88. The molecule has 0 aromatic rings. The van der Waals surface area contributed by atoms with Crippen LogP contribution in [0.2, 0.25) is 0 Å². The number of nitrogens with zero attached hydrogens (tertiary/aromatic N) is 1. The van der Waals surface area contributed by atoms with E-state index in [2.05, 4.69) is 29.5 Å². The molecule has 0 amide bonds. The summed E-state index contributed by atoms with van der Waals surface area (Å²) in [5.41, 5.74) is 4.26. The van der Waals surface area contributed by atoms with Crippen molar-refractivity contribution < 1.29 is 0 Å². The van der Waals surface area contributed by atoms with Gasteiger partial charge in [0.2, 0.25) is 0 Å². The monoisotopic (exact) mass is 229 g/mol. The number of hydrogen-bond acceptors (Lipinski definition) is 3. The van der Waals surface area contributed by atoms with E-state index in [1.165, 1.54) is 5.67 Å². The molecule has 4 heteroatoms. The zero-order chi connectivity index (χ0) is 11.8. The minimum atomic E-state index is 0.381. The lowest BCUT2D eigenvalue weighted by Crippen LogP contribution is -2.14. The molecule has 0 fully saturated rings. The van der Waals surface area contributed by atoms with Crippen molar-refractivity contribution in [3.63, 3.8) is 0 Å². The number of allylic oxidation sites excluding steroid dienone is 3. The predicted molar refractivity (Wildman–Crippen MR) is 68.1 cm³/mol. The first-order valence-electron chi connectivity index (χ1n) is 4.97. The molecule has 3 nitrogen and oxygen atoms in total. The van der Waals surface area contributed by atoms with E-state index in [9.17, 15) is 0 Å². The Morgan fingerprint density at radius 2 is 1.87 bits per heavy atom. The highest BCUT2D eigenvalue weighted by Gasteiger charge is 2.06. The van der Waals surface area contributed by atoms with E-state index in [1.54, 1.807) is 0 Å². The van der Waals surface area contributed by atoms with Gasteiger partial charge < -0.3 is 10.6 Å². The second kappa shape index (κ2) is 7.35. The van der Waals surface area contributed by atoms with Gasteiger partial charge in [-0.3, -0.25) is 0 Å². The van der Waals surface area contributed by atoms with Crippen molar-refractivity contribution in [3.8, 4) is 0 Å². The van der Waals surface area contributed by atoms with Gasteiger partial charge in [-0.15, -0.1) is 0 Å². The third-order valence-electron chi connectivity index (χ3n) is 2.06. The zero-order valence-corrected chi connectivity index (χ0v) is 10.8. The molecule has 0 heterocycles. The second-order valence-electron chi connectivity index (χ2n) is 3.51. The summed E-state index contributed by atoms with van der Waals surface area (Å²) in [4.78, 5) is 4.15. The van der Waals surface area contributed by atoms with Gasteiger partial charge in [-0.25, -0.2) is 4.99 Å². The number of nitrogens with one attached hydrogen (secondary N) is 2. The molecule has 0 unspecified atom stereocenters. The van der Waals surface area contributed by atoms with Crippen LogP contribution >= 0.6 is 11.6 Å². The van der Waals surface area contributed by atoms with Gasteiger partial charge in [-0.2, -0.15) is 0 Å². The van der Waals surface area contributed by atoms with Crippen LogP contribution in [-0.2, 0) is 0 Å². The largest absolute Gasteiger partial charge is 0.392 e. The maximum atomic E-state index is 5.53. The molecule has 0 saturated heterocycles. The van der Waals surface area contributed by atoms with E-state index in [0.717, 1.165) is 17.1 Å². The quantitative estimate of drug-likeness (QED) is 0.561. The lowest BCUT2D eigenvalue weighted by atomic mass is 10.1. The summed E-state index contributed by atoms with van der Waals surface area (Å²) in [5.74, 6) is 0.381. The Hall–Kier alpha value is -0.960. The molecule has 0 rings (SSSR count). The summed E-state index contributed by atoms with van der Waals surface area (Å²) in [6, 6.07) is 0. The molecule has 0 aliphatic rings. The summed E-state index contributed by atoms with van der Waals surface area (Å²) in [5, 5.41) is 6.20. The van der Waals surface area contributed by atoms with Crippen molar-refractivity contribution in [2.24, 2.45) is 10.9 Å². The molecule has 0 saturated carbocycles. The van der Waals surface area contributed by atoms with Crippen LogP contribution in [-0.4, -0.2) is 19.8 Å². The minimum Gasteiger partial charge on any atom is -0.392 e. The summed E-state index contributed by atoms with van der Waals surface area (Å²) < 4.78 is 0. The van der Waals surface area contributed by atoms with E-state index in [-0.39, 0.29) is 0 Å². The van der Waals surface area contributed by atoms with Gasteiger partial charge >= 0.3 is 0 Å². The normalized spacial score (nSPS) is 14.5. The molecule has 2 N–H and O–H groups in total. The third-order valence-corrected chi connectivity index (χ3v) is 2.16. The van der Waals surface area contributed by atoms with Crippen molar-refractivity contribution in [2.45, 2.75) is 20.8 Å². The standard InChI is InChI=1S/C11H20ClN3/c1-8(2)11(14-5)10(15-7-12)6-9(3)13-4/h6-8,13-14H,1-5H3/b9-6+,11-10+,15-7?. The van der Waals surface area contributed by atoms with E-state index in [0.29, 0.717) is 5.92 Å². The molecule has 0 aromatic carbocycles. The average Bonchev–Trinajstić information content (AvgIpc) is 2.18. The van der Waals surface area contributed by atoms with Crippen LogP contribution in [0.25, 0.3) is 0 Å². The van der Waals surface area contributed by atoms with Crippen molar-refractivity contribution in [1.29, 1.82) is 0 Å². The predicted octanol–water partition coefficient (Wildman–Crippen LogP) is 2.46. The van der Waals surface area contributed by atoms with E-state index < -0.39 is 0 Å². The van der Waals surface area contributed by atoms with Gasteiger partial charge in [0.05, 0.1) is 11.4 Å². The molecule has 0 spiro atoms. The minimum absolute atomic E-state index is 0.381. The van der Waals surface area contributed by atoms with Crippen LogP contribution in [0, 0.1) is 5.92 Å². The summed E-state index contributed by atoms with van der Waals surface area (Å²) in [6.45, 7) is 6.20. The molecule has 0 aliphatic heterocycles. The van der Waals surface area contributed by atoms with Crippen LogP contribution in [0.1, 0.15) is 20.8 Å². The van der Waals surface area contributed by atoms with Crippen LogP contribution in [0.15, 0.2) is 28.2 Å². The highest BCUT2D eigenvalue weighted by Crippen LogP contribution is 2.15. The summed E-state index contributed by atoms with van der Waals surface area (Å²) in [7, 11) is 3.77. The fourth-order valence-electron chi connectivity index (χ4n) is 1.23. The topological polar surface area (TPSA) is 36.4 Å². The Kier molecular flexibility index (Phi) is 6.88. The van der Waals surface area contributed by atoms with E-state index in [1.807, 2.05) is 27.1 Å². The number of aliphatic imine (C=N–C) groups is 1. The Labute approximate surface area is 97.3 Å². The fourth-order valence-corrected chi connectivity index (χ4v) is 1.33. The number of hydrogen-bond donors (Lipinski definition) is 2. The first-order valence-corrected chi connectivity index (χ1v) is 5.41. The summed E-state index contributed by atoms with van der Waals surface area (Å²) in [6.07, 6.45) is 1.96. The smallest absolute Gasteiger partial charge is 0.0934 e. The number of rotatable bonds is 5. The van der Waals surface area contributed by atoms with Crippen molar-refractivity contribution in [3.05, 3.63) is 23.2 Å². The Morgan fingerprint density at radius 3 is 2.20 bits per heavy atom. The van der Waals surface area contributed by atoms with E-state index >= 15 is 0 Å². The molecule has 0 atom stereocenters. The Balaban J connectivity index is 5.25. The molecular formula is C11H20ClN3. The lowest BCUT2D eigenvalue weighted by Gasteiger charge is -2.13. The maximum absolute atomic E-state index is 5.53. The van der Waals surface area contributed by atoms with Gasteiger partial charge in [0.15, 0.2) is 0 Å². The fraction of sp³-hybridized carbons (Fsp3) is 0.545. The van der Waals surface area contributed by atoms with Gasteiger partial charge in [0, 0.05) is 25.5 Å². The molecule has 0 aliphatic carbocycles. The van der Waals surface area contributed by atoms with Crippen LogP contribution in [0.3, 0.4) is 0 Å². The van der Waals surface area contributed by atoms with Crippen molar-refractivity contribution in [2.75, 3.05) is 14.1 Å². The highest BCUT2D eigenvalue weighted by atomic mass is 35.5. The molecule has 0 bridgehead atoms. The van der Waals surface area contributed by atoms with Crippen molar-refractivity contribution >= 4 is 17.3 Å². The van der Waals surface area contributed by atoms with Gasteiger partial charge in [0.25, 0.3) is 0 Å². The van der Waals surface area contributed by atoms with E-state index in [4.69, 9.17) is 11.6 Å². The maximum Gasteiger partial charge on any atom is 0.0934 e. The first kappa shape index (κ1) is 14.0. The Bertz CT molecular complexity index is 278. The van der Waals surface area contributed by atoms with Crippen LogP contribution in [0.4, 0.5) is 0 Å². The van der Waals surface area contributed by atoms with Gasteiger partial charge in [-0.05, 0) is 18.9 Å². The van der Waals surface area contributed by atoms with Gasteiger partial charge in [-0.1, -0.05) is 25.4 Å². The Morgan fingerprint density at radius 1 is 1.27 bits per heavy atom. The highest BCUT2D eigenvalue weighted by molar-refractivity contribution is 6.56. The zero-order valence-electron chi connectivity index (χ0n) is 10.1. The molecule has 86 valence electrons. The molecule has 15 heavy (non-hydrogen) atoms. The second-order valence-corrected chi connectivity index (χ2v) is 3.70. The first-order chi connectivity index (χ1) is 7.06. The van der Waals surface area contributed by atoms with Crippen molar-refractivity contribution in [1.82, 2.24) is 10.6 Å². The SMILES string of the molecule is CN/C(C)=C/C(N=CCl)=C(\NC)C(C)C. The average molecular weight is 230 g/mol. The van der Waals surface area contributed by atoms with Gasteiger partial charge in [0.1, 0.15) is 0 Å². The molecular weight excluding hydrogens is 210 g/mol. The molecule has 0 radical (unpaired) electrons. The summed E-state index contributed by atoms with van der Waals surface area (Å²) >= 11 is 5.53. The van der Waals surface area contributed by atoms with Crippen LogP contribution < -0.4 is 10.6 Å². The number of halogens is 1. The van der Waals surface area contributed by atoms with Crippen LogP contribution in [0.5, 0.6) is 0 Å². The lowest BCUT2D eigenvalue weighted by molar-refractivity contribution is 0.688.